The summed E-state index contributed by atoms with van der Waals surface area (Å²) < 4.78 is 6.84. The van der Waals surface area contributed by atoms with Crippen molar-refractivity contribution in [1.82, 2.24) is 20.3 Å². The standard InChI is InChI=1S/C22H23N7O5/c1-14-20(26-27-28(14)17-4-2-5-18(12-17)29(32)33)21(30)24-15-7-9-16(10-8-15)25-22(31)23-13-19-6-3-11-34-19/h2,4-5,7-10,12,19H,3,6,11,13H2,1H3,(H,24,30)(H2,23,25,31). The Morgan fingerprint density at radius 3 is 2.59 bits per heavy atom. The molecular weight excluding hydrogens is 442 g/mol. The predicted molar refractivity (Wildman–Crippen MR) is 123 cm³/mol. The van der Waals surface area contributed by atoms with Crippen molar-refractivity contribution in [2.24, 2.45) is 0 Å². The van der Waals surface area contributed by atoms with Gasteiger partial charge in [0.25, 0.3) is 11.6 Å². The van der Waals surface area contributed by atoms with Crippen LogP contribution >= 0.6 is 0 Å². The average Bonchev–Trinajstić information content (AvgIpc) is 3.49. The van der Waals surface area contributed by atoms with Crippen LogP contribution in [0.1, 0.15) is 29.0 Å². The number of nitrogens with zero attached hydrogens (tertiary/aromatic N) is 4. The zero-order valence-electron chi connectivity index (χ0n) is 18.4. The molecule has 0 bridgehead atoms. The van der Waals surface area contributed by atoms with Gasteiger partial charge in [0.2, 0.25) is 0 Å². The number of non-ortho nitro benzene ring substituents is 1. The van der Waals surface area contributed by atoms with Crippen LogP contribution in [0.15, 0.2) is 48.5 Å². The number of carbonyl (C=O) groups excluding carboxylic acids is 2. The van der Waals surface area contributed by atoms with Crippen molar-refractivity contribution in [2.45, 2.75) is 25.9 Å². The quantitative estimate of drug-likeness (QED) is 0.358. The van der Waals surface area contributed by atoms with E-state index in [-0.39, 0.29) is 23.5 Å². The lowest BCUT2D eigenvalue weighted by Crippen LogP contribution is -2.35. The molecule has 0 aliphatic carbocycles. The van der Waals surface area contributed by atoms with Crippen LogP contribution < -0.4 is 16.0 Å². The second-order valence-corrected chi connectivity index (χ2v) is 7.71. The van der Waals surface area contributed by atoms with Gasteiger partial charge in [0.1, 0.15) is 0 Å². The minimum Gasteiger partial charge on any atom is -0.376 e. The maximum absolute atomic E-state index is 12.7. The number of carbonyl (C=O) groups is 2. The number of nitro groups is 1. The monoisotopic (exact) mass is 465 g/mol. The largest absolute Gasteiger partial charge is 0.376 e. The SMILES string of the molecule is Cc1c(C(=O)Nc2ccc(NC(=O)NCC3CCCO3)cc2)nnn1-c1cccc([N+](=O)[O-])c1. The van der Waals surface area contributed by atoms with E-state index in [0.717, 1.165) is 19.4 Å². The van der Waals surface area contributed by atoms with Gasteiger partial charge in [-0.3, -0.25) is 14.9 Å². The highest BCUT2D eigenvalue weighted by molar-refractivity contribution is 6.03. The molecule has 1 atom stereocenters. The molecule has 2 aromatic carbocycles. The van der Waals surface area contributed by atoms with E-state index in [1.54, 1.807) is 37.3 Å². The van der Waals surface area contributed by atoms with E-state index < -0.39 is 10.8 Å². The number of ether oxygens (including phenoxy) is 1. The van der Waals surface area contributed by atoms with Gasteiger partial charge in [0.15, 0.2) is 5.69 Å². The molecule has 1 unspecified atom stereocenters. The van der Waals surface area contributed by atoms with Crippen molar-refractivity contribution in [3.05, 3.63) is 70.0 Å². The summed E-state index contributed by atoms with van der Waals surface area (Å²) in [5, 5.41) is 27.1. The fraction of sp³-hybridized carbons (Fsp3) is 0.273. The van der Waals surface area contributed by atoms with Crippen LogP contribution in [0, 0.1) is 17.0 Å². The van der Waals surface area contributed by atoms with E-state index in [4.69, 9.17) is 4.74 Å². The highest BCUT2D eigenvalue weighted by Crippen LogP contribution is 2.20. The van der Waals surface area contributed by atoms with E-state index in [9.17, 15) is 19.7 Å². The molecule has 0 saturated carbocycles. The lowest BCUT2D eigenvalue weighted by atomic mass is 10.2. The third kappa shape index (κ3) is 5.35. The summed E-state index contributed by atoms with van der Waals surface area (Å²) in [7, 11) is 0. The zero-order chi connectivity index (χ0) is 24.1. The number of hydrogen-bond acceptors (Lipinski definition) is 7. The van der Waals surface area contributed by atoms with Gasteiger partial charge in [-0.05, 0) is 50.1 Å². The molecule has 2 heterocycles. The lowest BCUT2D eigenvalue weighted by molar-refractivity contribution is -0.384. The first-order valence-corrected chi connectivity index (χ1v) is 10.7. The first kappa shape index (κ1) is 22.9. The zero-order valence-corrected chi connectivity index (χ0v) is 18.4. The molecule has 4 rings (SSSR count). The Hall–Kier alpha value is -4.32. The fourth-order valence-corrected chi connectivity index (χ4v) is 3.54. The van der Waals surface area contributed by atoms with Crippen LogP contribution in [-0.4, -0.2) is 51.1 Å². The molecule has 0 spiro atoms. The highest BCUT2D eigenvalue weighted by Gasteiger charge is 2.19. The van der Waals surface area contributed by atoms with Gasteiger partial charge in [-0.15, -0.1) is 5.10 Å². The van der Waals surface area contributed by atoms with Crippen LogP contribution in [0.3, 0.4) is 0 Å². The van der Waals surface area contributed by atoms with Crippen LogP contribution in [-0.2, 0) is 4.74 Å². The normalized spacial score (nSPS) is 15.0. The molecule has 1 aromatic heterocycles. The van der Waals surface area contributed by atoms with Gasteiger partial charge >= 0.3 is 6.03 Å². The van der Waals surface area contributed by atoms with Crippen molar-refractivity contribution >= 4 is 29.0 Å². The van der Waals surface area contributed by atoms with E-state index in [0.29, 0.717) is 29.3 Å². The van der Waals surface area contributed by atoms with Crippen molar-refractivity contribution in [3.8, 4) is 5.69 Å². The van der Waals surface area contributed by atoms with Gasteiger partial charge in [0.05, 0.1) is 22.4 Å². The van der Waals surface area contributed by atoms with Crippen molar-refractivity contribution in [1.29, 1.82) is 0 Å². The van der Waals surface area contributed by atoms with Gasteiger partial charge < -0.3 is 20.7 Å². The molecule has 1 aliphatic rings. The Morgan fingerprint density at radius 2 is 1.91 bits per heavy atom. The van der Waals surface area contributed by atoms with E-state index in [2.05, 4.69) is 26.3 Å². The van der Waals surface area contributed by atoms with Gasteiger partial charge in [-0.25, -0.2) is 9.48 Å². The van der Waals surface area contributed by atoms with E-state index >= 15 is 0 Å². The fourth-order valence-electron chi connectivity index (χ4n) is 3.54. The first-order valence-electron chi connectivity index (χ1n) is 10.7. The predicted octanol–water partition coefficient (Wildman–Crippen LogP) is 3.04. The molecule has 3 aromatic rings. The molecule has 3 N–H and O–H groups in total. The topological polar surface area (TPSA) is 153 Å². The van der Waals surface area contributed by atoms with E-state index in [1.807, 2.05) is 0 Å². The number of urea groups is 1. The summed E-state index contributed by atoms with van der Waals surface area (Å²) in [4.78, 5) is 35.2. The molecule has 1 saturated heterocycles. The van der Waals surface area contributed by atoms with Crippen LogP contribution in [0.4, 0.5) is 21.9 Å². The summed E-state index contributed by atoms with van der Waals surface area (Å²) in [6, 6.07) is 12.2. The second kappa shape index (κ2) is 10.1. The number of hydrogen-bond donors (Lipinski definition) is 3. The Kier molecular flexibility index (Phi) is 6.78. The molecule has 1 fully saturated rings. The van der Waals surface area contributed by atoms with Crippen molar-refractivity contribution < 1.29 is 19.2 Å². The summed E-state index contributed by atoms with van der Waals surface area (Å²) in [5.41, 5.74) is 1.91. The molecule has 12 heteroatoms. The number of amides is 3. The Morgan fingerprint density at radius 1 is 1.18 bits per heavy atom. The smallest absolute Gasteiger partial charge is 0.319 e. The summed E-state index contributed by atoms with van der Waals surface area (Å²) in [5.74, 6) is -0.482. The molecule has 12 nitrogen and oxygen atoms in total. The highest BCUT2D eigenvalue weighted by atomic mass is 16.6. The summed E-state index contributed by atoms with van der Waals surface area (Å²) in [6.45, 7) is 2.83. The van der Waals surface area contributed by atoms with E-state index in [1.165, 1.54) is 22.9 Å². The van der Waals surface area contributed by atoms with Gasteiger partial charge in [-0.2, -0.15) is 0 Å². The first-order chi connectivity index (χ1) is 16.4. The number of aromatic nitrogens is 3. The van der Waals surface area contributed by atoms with Crippen LogP contribution in [0.2, 0.25) is 0 Å². The maximum atomic E-state index is 12.7. The number of nitro benzene ring substituents is 1. The second-order valence-electron chi connectivity index (χ2n) is 7.71. The number of benzene rings is 2. The molecular formula is C22H23N7O5. The summed E-state index contributed by atoms with van der Waals surface area (Å²) >= 11 is 0. The van der Waals surface area contributed by atoms with Gasteiger partial charge in [-0.1, -0.05) is 11.3 Å². The molecule has 0 radical (unpaired) electrons. The maximum Gasteiger partial charge on any atom is 0.319 e. The van der Waals surface area contributed by atoms with Crippen molar-refractivity contribution in [3.63, 3.8) is 0 Å². The lowest BCUT2D eigenvalue weighted by Gasteiger charge is -2.12. The average molecular weight is 465 g/mol. The third-order valence-corrected chi connectivity index (χ3v) is 5.31. The number of anilines is 2. The van der Waals surface area contributed by atoms with Crippen LogP contribution in [0.25, 0.3) is 5.69 Å². The number of rotatable bonds is 7. The molecule has 34 heavy (non-hydrogen) atoms. The third-order valence-electron chi connectivity index (χ3n) is 5.31. The minimum absolute atomic E-state index is 0.0572. The molecule has 176 valence electrons. The Labute approximate surface area is 194 Å². The Bertz CT molecular complexity index is 1200. The van der Waals surface area contributed by atoms with Gasteiger partial charge in [0, 0.05) is 36.7 Å². The number of nitrogens with one attached hydrogen (secondary N) is 3. The van der Waals surface area contributed by atoms with Crippen LogP contribution in [0.5, 0.6) is 0 Å². The molecule has 1 aliphatic heterocycles. The molecule has 3 amide bonds. The summed E-state index contributed by atoms with van der Waals surface area (Å²) in [6.07, 6.45) is 2.00. The minimum atomic E-state index is -0.504. The van der Waals surface area contributed by atoms with Crippen molar-refractivity contribution in [2.75, 3.05) is 23.8 Å². The Balaban J connectivity index is 1.36.